The maximum atomic E-state index is 9.93. The van der Waals surface area contributed by atoms with Gasteiger partial charge in [0.2, 0.25) is 0 Å². The monoisotopic (exact) mass is 299 g/mol. The zero-order valence-electron chi connectivity index (χ0n) is 12.8. The smallest absolute Gasteiger partial charge is 0.131 e. The minimum Gasteiger partial charge on any atom is -0.323 e. The van der Waals surface area contributed by atoms with Crippen molar-refractivity contribution in [3.05, 3.63) is 78.6 Å². The first kappa shape index (κ1) is 13.8. The lowest BCUT2D eigenvalue weighted by molar-refractivity contribution is 0.686. The standard InChI is InChI=1S/C20H17N3/c1-2-12-23-18-11-7-6-10-17(18)22-19(23)20(14-21)13-16(20)15-8-4-3-5-9-15/h2-11,16H,1,12-13H2/t16-,20-/m1/s1. The lowest BCUT2D eigenvalue weighted by Gasteiger charge is -2.12. The van der Waals surface area contributed by atoms with E-state index in [1.807, 2.05) is 42.5 Å². The Bertz CT molecular complexity index is 917. The van der Waals surface area contributed by atoms with E-state index >= 15 is 0 Å². The number of imidazole rings is 1. The molecule has 1 saturated carbocycles. The predicted molar refractivity (Wildman–Crippen MR) is 91.0 cm³/mol. The van der Waals surface area contributed by atoms with Crippen molar-refractivity contribution < 1.29 is 0 Å². The molecule has 2 atom stereocenters. The minimum atomic E-state index is -0.524. The van der Waals surface area contributed by atoms with E-state index in [0.29, 0.717) is 6.54 Å². The van der Waals surface area contributed by atoms with Gasteiger partial charge in [-0.25, -0.2) is 4.98 Å². The summed E-state index contributed by atoms with van der Waals surface area (Å²) < 4.78 is 2.13. The molecule has 0 aliphatic heterocycles. The molecule has 4 rings (SSSR count). The fourth-order valence-corrected chi connectivity index (χ4v) is 3.50. The highest BCUT2D eigenvalue weighted by molar-refractivity contribution is 5.77. The molecular formula is C20H17N3. The number of hydrogen-bond donors (Lipinski definition) is 0. The number of aromatic nitrogens is 2. The summed E-state index contributed by atoms with van der Waals surface area (Å²) in [6.07, 6.45) is 2.69. The Morgan fingerprint density at radius 2 is 1.96 bits per heavy atom. The van der Waals surface area contributed by atoms with E-state index in [4.69, 9.17) is 4.98 Å². The average molecular weight is 299 g/mol. The summed E-state index contributed by atoms with van der Waals surface area (Å²) in [7, 11) is 0. The Morgan fingerprint density at radius 3 is 2.70 bits per heavy atom. The summed E-state index contributed by atoms with van der Waals surface area (Å²) >= 11 is 0. The fourth-order valence-electron chi connectivity index (χ4n) is 3.50. The van der Waals surface area contributed by atoms with Crippen molar-refractivity contribution in [2.45, 2.75) is 24.3 Å². The topological polar surface area (TPSA) is 41.6 Å². The highest BCUT2D eigenvalue weighted by Crippen LogP contribution is 2.60. The highest BCUT2D eigenvalue weighted by Gasteiger charge is 2.60. The van der Waals surface area contributed by atoms with E-state index in [1.165, 1.54) is 5.56 Å². The van der Waals surface area contributed by atoms with Crippen molar-refractivity contribution >= 4 is 11.0 Å². The van der Waals surface area contributed by atoms with E-state index in [-0.39, 0.29) is 5.92 Å². The lowest BCUT2D eigenvalue weighted by atomic mass is 9.99. The number of hydrogen-bond acceptors (Lipinski definition) is 2. The number of para-hydroxylation sites is 2. The molecule has 0 N–H and O–H groups in total. The molecule has 1 aliphatic carbocycles. The molecule has 1 aliphatic rings. The van der Waals surface area contributed by atoms with Crippen LogP contribution in [0.1, 0.15) is 23.7 Å². The number of fused-ring (bicyclic) bond motifs is 1. The molecule has 3 nitrogen and oxygen atoms in total. The highest BCUT2D eigenvalue weighted by atomic mass is 15.1. The minimum absolute atomic E-state index is 0.217. The van der Waals surface area contributed by atoms with Crippen molar-refractivity contribution in [2.75, 3.05) is 0 Å². The largest absolute Gasteiger partial charge is 0.323 e. The Hall–Kier alpha value is -2.86. The number of nitrogens with zero attached hydrogens (tertiary/aromatic N) is 3. The molecule has 112 valence electrons. The molecule has 0 unspecified atom stereocenters. The first-order valence-electron chi connectivity index (χ1n) is 7.83. The number of allylic oxidation sites excluding steroid dienone is 1. The van der Waals surface area contributed by atoms with Gasteiger partial charge in [0.15, 0.2) is 0 Å². The Balaban J connectivity index is 1.87. The fraction of sp³-hybridized carbons (Fsp3) is 0.200. The quantitative estimate of drug-likeness (QED) is 0.678. The van der Waals surface area contributed by atoms with Gasteiger partial charge in [0.1, 0.15) is 11.2 Å². The SMILES string of the molecule is C=CCn1c([C@@]2(C#N)C[C@@H]2c2ccccc2)nc2ccccc21. The maximum Gasteiger partial charge on any atom is 0.131 e. The van der Waals surface area contributed by atoms with Crippen LogP contribution >= 0.6 is 0 Å². The van der Waals surface area contributed by atoms with Crippen LogP contribution in [0.2, 0.25) is 0 Å². The normalized spacial score (nSPS) is 22.7. The van der Waals surface area contributed by atoms with Crippen molar-refractivity contribution in [1.82, 2.24) is 9.55 Å². The number of nitriles is 1. The van der Waals surface area contributed by atoms with Gasteiger partial charge in [-0.05, 0) is 24.1 Å². The molecule has 0 saturated heterocycles. The summed E-state index contributed by atoms with van der Waals surface area (Å²) in [4.78, 5) is 4.80. The van der Waals surface area contributed by atoms with Gasteiger partial charge in [0.05, 0.1) is 17.1 Å². The van der Waals surface area contributed by atoms with E-state index in [9.17, 15) is 5.26 Å². The van der Waals surface area contributed by atoms with Gasteiger partial charge in [0, 0.05) is 12.5 Å². The molecule has 0 bridgehead atoms. The van der Waals surface area contributed by atoms with Crippen LogP contribution in [0, 0.1) is 11.3 Å². The van der Waals surface area contributed by atoms with Crippen molar-refractivity contribution in [3.63, 3.8) is 0 Å². The van der Waals surface area contributed by atoms with Gasteiger partial charge in [-0.15, -0.1) is 6.58 Å². The van der Waals surface area contributed by atoms with E-state index < -0.39 is 5.41 Å². The van der Waals surface area contributed by atoms with E-state index in [0.717, 1.165) is 23.3 Å². The summed E-state index contributed by atoms with van der Waals surface area (Å²) in [6.45, 7) is 4.52. The molecule has 1 fully saturated rings. The number of rotatable bonds is 4. The van der Waals surface area contributed by atoms with Crippen LogP contribution in [0.25, 0.3) is 11.0 Å². The van der Waals surface area contributed by atoms with Crippen molar-refractivity contribution in [1.29, 1.82) is 5.26 Å². The van der Waals surface area contributed by atoms with E-state index in [1.54, 1.807) is 0 Å². The molecule has 1 heterocycles. The van der Waals surface area contributed by atoms with E-state index in [2.05, 4.69) is 35.4 Å². The number of benzene rings is 2. The average Bonchev–Trinajstić information content (AvgIpc) is 3.25. The van der Waals surface area contributed by atoms with Crippen LogP contribution in [0.4, 0.5) is 0 Å². The second-order valence-corrected chi connectivity index (χ2v) is 6.07. The third kappa shape index (κ3) is 1.99. The van der Waals surface area contributed by atoms with Crippen molar-refractivity contribution in [2.24, 2.45) is 0 Å². The van der Waals surface area contributed by atoms with Gasteiger partial charge in [-0.2, -0.15) is 5.26 Å². The zero-order valence-corrected chi connectivity index (χ0v) is 12.8. The van der Waals surface area contributed by atoms with Gasteiger partial charge < -0.3 is 4.57 Å². The van der Waals surface area contributed by atoms with Gasteiger partial charge >= 0.3 is 0 Å². The third-order valence-electron chi connectivity index (χ3n) is 4.73. The Labute approximate surface area is 135 Å². The van der Waals surface area contributed by atoms with Gasteiger partial charge in [-0.1, -0.05) is 48.5 Å². The summed E-state index contributed by atoms with van der Waals surface area (Å²) in [5.41, 5.74) is 2.70. The van der Waals surface area contributed by atoms with Crippen LogP contribution in [-0.4, -0.2) is 9.55 Å². The maximum absolute atomic E-state index is 9.93. The molecule has 3 aromatic rings. The second-order valence-electron chi connectivity index (χ2n) is 6.07. The first-order chi connectivity index (χ1) is 11.3. The Kier molecular flexibility index (Phi) is 3.06. The first-order valence-corrected chi connectivity index (χ1v) is 7.83. The van der Waals surface area contributed by atoms with Crippen molar-refractivity contribution in [3.8, 4) is 6.07 Å². The second kappa shape index (κ2) is 5.10. The molecule has 0 radical (unpaired) electrons. The van der Waals surface area contributed by atoms with Crippen LogP contribution in [0.5, 0.6) is 0 Å². The van der Waals surface area contributed by atoms with Crippen LogP contribution in [0.3, 0.4) is 0 Å². The third-order valence-corrected chi connectivity index (χ3v) is 4.73. The van der Waals surface area contributed by atoms with Crippen LogP contribution in [-0.2, 0) is 12.0 Å². The molecule has 2 aromatic carbocycles. The lowest BCUT2D eigenvalue weighted by Crippen LogP contribution is -2.15. The molecular weight excluding hydrogens is 282 g/mol. The molecule has 23 heavy (non-hydrogen) atoms. The zero-order chi connectivity index (χ0) is 15.9. The summed E-state index contributed by atoms with van der Waals surface area (Å²) in [5, 5.41) is 9.93. The summed E-state index contributed by atoms with van der Waals surface area (Å²) in [6, 6.07) is 20.9. The van der Waals surface area contributed by atoms with Crippen LogP contribution in [0.15, 0.2) is 67.3 Å². The Morgan fingerprint density at radius 1 is 1.22 bits per heavy atom. The van der Waals surface area contributed by atoms with Gasteiger partial charge in [-0.3, -0.25) is 0 Å². The summed E-state index contributed by atoms with van der Waals surface area (Å²) in [5.74, 6) is 1.09. The van der Waals surface area contributed by atoms with Gasteiger partial charge in [0.25, 0.3) is 0 Å². The molecule has 0 spiro atoms. The molecule has 0 amide bonds. The molecule has 1 aromatic heterocycles. The predicted octanol–water partition coefficient (Wildman–Crippen LogP) is 4.17. The van der Waals surface area contributed by atoms with Crippen LogP contribution < -0.4 is 0 Å². The molecule has 3 heteroatoms.